The van der Waals surface area contributed by atoms with E-state index in [4.69, 9.17) is 14.2 Å². The van der Waals surface area contributed by atoms with Crippen molar-refractivity contribution in [1.82, 2.24) is 4.98 Å². The summed E-state index contributed by atoms with van der Waals surface area (Å²) in [5.74, 6) is -0.0945. The van der Waals surface area contributed by atoms with E-state index in [9.17, 15) is 9.18 Å². The van der Waals surface area contributed by atoms with Gasteiger partial charge in [0.2, 0.25) is 0 Å². The number of anilines is 1. The number of fused-ring (bicyclic) bond motifs is 1. The molecule has 1 spiro atoms. The van der Waals surface area contributed by atoms with Crippen LogP contribution >= 0.6 is 0 Å². The molecule has 2 aliphatic rings. The van der Waals surface area contributed by atoms with Crippen LogP contribution in [0.2, 0.25) is 0 Å². The first-order chi connectivity index (χ1) is 15.0. The van der Waals surface area contributed by atoms with Gasteiger partial charge in [-0.1, -0.05) is 26.0 Å². The Balaban J connectivity index is 0.00000112. The zero-order chi connectivity index (χ0) is 22.0. The Kier molecular flexibility index (Phi) is 5.61. The van der Waals surface area contributed by atoms with Gasteiger partial charge in [0.15, 0.2) is 11.5 Å². The number of amides is 1. The highest BCUT2D eigenvalue weighted by molar-refractivity contribution is 6.04. The van der Waals surface area contributed by atoms with Crippen molar-refractivity contribution in [2.75, 3.05) is 18.5 Å². The molecule has 1 saturated heterocycles. The molecular weight excluding hydrogens is 399 g/mol. The lowest BCUT2D eigenvalue weighted by atomic mass is 10.0. The third-order valence-corrected chi connectivity index (χ3v) is 4.96. The quantitative estimate of drug-likeness (QED) is 0.645. The fraction of sp³-hybridized carbons (Fsp3) is 0.250. The molecule has 1 fully saturated rings. The minimum atomic E-state index is -0.688. The summed E-state index contributed by atoms with van der Waals surface area (Å²) in [6, 6.07) is 13.2. The SMILES string of the molecule is CC.Cc1cc2c(cc1-c1ccc(NC(=O)c3ccccc3F)nc1)OC1(COC1)O2. The zero-order valence-corrected chi connectivity index (χ0v) is 17.6. The van der Waals surface area contributed by atoms with Crippen LogP contribution in [0.15, 0.2) is 54.7 Å². The van der Waals surface area contributed by atoms with E-state index in [1.54, 1.807) is 18.3 Å². The van der Waals surface area contributed by atoms with Crippen LogP contribution in [0.25, 0.3) is 11.1 Å². The van der Waals surface area contributed by atoms with E-state index in [-0.39, 0.29) is 5.56 Å². The number of nitrogens with zero attached hydrogens (tertiary/aromatic N) is 1. The minimum absolute atomic E-state index is 0.0288. The summed E-state index contributed by atoms with van der Waals surface area (Å²) in [6.45, 7) is 6.80. The van der Waals surface area contributed by atoms with Gasteiger partial charge in [0, 0.05) is 11.8 Å². The maximum Gasteiger partial charge on any atom is 0.298 e. The molecule has 3 heterocycles. The van der Waals surface area contributed by atoms with Gasteiger partial charge in [-0.15, -0.1) is 0 Å². The Bertz CT molecular complexity index is 1110. The van der Waals surface area contributed by atoms with Crippen molar-refractivity contribution in [1.29, 1.82) is 0 Å². The molecule has 5 rings (SSSR count). The molecule has 0 unspecified atom stereocenters. The van der Waals surface area contributed by atoms with Gasteiger partial charge in [0.05, 0.1) is 5.56 Å². The number of halogens is 1. The second kappa shape index (κ2) is 8.35. The molecule has 6 nitrogen and oxygen atoms in total. The molecule has 2 aliphatic heterocycles. The molecule has 1 aromatic heterocycles. The highest BCUT2D eigenvalue weighted by atomic mass is 19.1. The average Bonchev–Trinajstić information content (AvgIpc) is 3.15. The van der Waals surface area contributed by atoms with E-state index in [1.807, 2.05) is 39.0 Å². The van der Waals surface area contributed by atoms with Gasteiger partial charge in [0.1, 0.15) is 24.8 Å². The third-order valence-electron chi connectivity index (χ3n) is 4.96. The summed E-state index contributed by atoms with van der Waals surface area (Å²) in [5.41, 5.74) is 2.79. The predicted molar refractivity (Wildman–Crippen MR) is 115 cm³/mol. The Morgan fingerprint density at radius 3 is 2.39 bits per heavy atom. The second-order valence-corrected chi connectivity index (χ2v) is 7.09. The van der Waals surface area contributed by atoms with Crippen LogP contribution in [-0.4, -0.2) is 29.9 Å². The van der Waals surface area contributed by atoms with E-state index in [1.165, 1.54) is 18.2 Å². The summed E-state index contributed by atoms with van der Waals surface area (Å²) in [7, 11) is 0. The van der Waals surface area contributed by atoms with Gasteiger partial charge in [-0.25, -0.2) is 9.37 Å². The summed E-state index contributed by atoms with van der Waals surface area (Å²) < 4.78 is 30.8. The molecule has 2 aromatic carbocycles. The van der Waals surface area contributed by atoms with Crippen LogP contribution < -0.4 is 14.8 Å². The highest BCUT2D eigenvalue weighted by Gasteiger charge is 2.49. The normalized spacial score (nSPS) is 15.0. The summed E-state index contributed by atoms with van der Waals surface area (Å²) >= 11 is 0. The number of benzene rings is 2. The maximum absolute atomic E-state index is 13.8. The number of aryl methyl sites for hydroxylation is 1. The van der Waals surface area contributed by atoms with Gasteiger partial charge in [0.25, 0.3) is 11.7 Å². The van der Waals surface area contributed by atoms with Crippen molar-refractivity contribution < 1.29 is 23.4 Å². The van der Waals surface area contributed by atoms with Crippen molar-refractivity contribution in [3.8, 4) is 22.6 Å². The number of ether oxygens (including phenoxy) is 3. The second-order valence-electron chi connectivity index (χ2n) is 7.09. The number of carbonyl (C=O) groups is 1. The van der Waals surface area contributed by atoms with Crippen LogP contribution in [0.5, 0.6) is 11.5 Å². The third kappa shape index (κ3) is 3.96. The van der Waals surface area contributed by atoms with Gasteiger partial charge in [-0.05, 0) is 54.4 Å². The molecule has 31 heavy (non-hydrogen) atoms. The molecule has 0 aliphatic carbocycles. The Morgan fingerprint density at radius 2 is 1.77 bits per heavy atom. The van der Waals surface area contributed by atoms with Crippen molar-refractivity contribution in [3.05, 3.63) is 71.7 Å². The Hall–Kier alpha value is -3.45. The molecule has 0 bridgehead atoms. The molecule has 0 saturated carbocycles. The molecular formula is C24H23FN2O4. The number of carbonyl (C=O) groups excluding carboxylic acids is 1. The largest absolute Gasteiger partial charge is 0.444 e. The van der Waals surface area contributed by atoms with Crippen molar-refractivity contribution in [2.24, 2.45) is 0 Å². The van der Waals surface area contributed by atoms with Crippen molar-refractivity contribution in [2.45, 2.75) is 26.6 Å². The molecule has 0 atom stereocenters. The molecule has 1 N–H and O–H groups in total. The summed E-state index contributed by atoms with van der Waals surface area (Å²) in [6.07, 6.45) is 1.66. The highest BCUT2D eigenvalue weighted by Crippen LogP contribution is 2.45. The van der Waals surface area contributed by atoms with Gasteiger partial charge in [-0.2, -0.15) is 0 Å². The van der Waals surface area contributed by atoms with Crippen molar-refractivity contribution >= 4 is 11.7 Å². The van der Waals surface area contributed by atoms with Crippen molar-refractivity contribution in [3.63, 3.8) is 0 Å². The lowest BCUT2D eigenvalue weighted by molar-refractivity contribution is -0.246. The molecule has 1 amide bonds. The fourth-order valence-corrected chi connectivity index (χ4v) is 3.40. The molecule has 0 radical (unpaired) electrons. The number of nitrogens with one attached hydrogen (secondary N) is 1. The van der Waals surface area contributed by atoms with E-state index in [0.29, 0.717) is 30.5 Å². The van der Waals surface area contributed by atoms with Crippen LogP contribution in [0.3, 0.4) is 0 Å². The number of pyridine rings is 1. The topological polar surface area (TPSA) is 69.7 Å². The van der Waals surface area contributed by atoms with E-state index in [2.05, 4.69) is 10.3 Å². The molecule has 7 heteroatoms. The van der Waals surface area contributed by atoms with Gasteiger partial charge in [-0.3, -0.25) is 4.79 Å². The lowest BCUT2D eigenvalue weighted by Gasteiger charge is -2.34. The number of hydrogen-bond donors (Lipinski definition) is 1. The summed E-state index contributed by atoms with van der Waals surface area (Å²) in [5, 5.41) is 2.61. The fourth-order valence-electron chi connectivity index (χ4n) is 3.40. The standard InChI is InChI=1S/C22H17FN2O4.C2H6/c1-13-8-18-19(29-22(28-18)11-27-12-22)9-16(13)14-6-7-20(24-10-14)25-21(26)15-4-2-3-5-17(15)23;1-2/h2-10H,11-12H2,1H3,(H,24,25,26);1-2H3. The van der Waals surface area contributed by atoms with Crippen LogP contribution in [-0.2, 0) is 4.74 Å². The Morgan fingerprint density at radius 1 is 1.06 bits per heavy atom. The van der Waals surface area contributed by atoms with Crippen LogP contribution in [0.4, 0.5) is 10.2 Å². The molecule has 3 aromatic rings. The van der Waals surface area contributed by atoms with Crippen LogP contribution in [0.1, 0.15) is 29.8 Å². The van der Waals surface area contributed by atoms with Crippen LogP contribution in [0, 0.1) is 12.7 Å². The number of rotatable bonds is 3. The smallest absolute Gasteiger partial charge is 0.298 e. The zero-order valence-electron chi connectivity index (χ0n) is 17.6. The predicted octanol–water partition coefficient (Wildman–Crippen LogP) is 4.97. The first-order valence-corrected chi connectivity index (χ1v) is 10.2. The lowest BCUT2D eigenvalue weighted by Crippen LogP contribution is -2.56. The van der Waals surface area contributed by atoms with Gasteiger partial charge >= 0.3 is 0 Å². The minimum Gasteiger partial charge on any atom is -0.444 e. The first-order valence-electron chi connectivity index (χ1n) is 10.2. The summed E-state index contributed by atoms with van der Waals surface area (Å²) in [4.78, 5) is 16.5. The Labute approximate surface area is 180 Å². The maximum atomic E-state index is 13.8. The van der Waals surface area contributed by atoms with E-state index < -0.39 is 17.5 Å². The molecule has 160 valence electrons. The first kappa shape index (κ1) is 20.8. The van der Waals surface area contributed by atoms with Gasteiger partial charge < -0.3 is 19.5 Å². The number of hydrogen-bond acceptors (Lipinski definition) is 5. The van der Waals surface area contributed by atoms with E-state index >= 15 is 0 Å². The average molecular weight is 422 g/mol. The number of aromatic nitrogens is 1. The van der Waals surface area contributed by atoms with E-state index in [0.717, 1.165) is 16.7 Å². The monoisotopic (exact) mass is 422 g/mol.